The van der Waals surface area contributed by atoms with E-state index in [1.807, 2.05) is 0 Å². The zero-order valence-electron chi connectivity index (χ0n) is 13.3. The van der Waals surface area contributed by atoms with Crippen molar-refractivity contribution in [1.82, 2.24) is 9.62 Å². The van der Waals surface area contributed by atoms with Gasteiger partial charge in [-0.25, -0.2) is 8.42 Å². The van der Waals surface area contributed by atoms with Gasteiger partial charge in [0.25, 0.3) is 5.91 Å². The summed E-state index contributed by atoms with van der Waals surface area (Å²) in [4.78, 5) is 12.1. The summed E-state index contributed by atoms with van der Waals surface area (Å²) in [5.41, 5.74) is 0.441. The summed E-state index contributed by atoms with van der Waals surface area (Å²) in [5, 5.41) is 2.76. The Hall–Kier alpha value is -1.44. The fourth-order valence-electron chi connectivity index (χ4n) is 2.01. The molecule has 1 N–H and O–H groups in total. The lowest BCUT2D eigenvalue weighted by Gasteiger charge is -2.18. The van der Waals surface area contributed by atoms with Crippen molar-refractivity contribution >= 4 is 15.9 Å². The van der Waals surface area contributed by atoms with E-state index in [-0.39, 0.29) is 10.8 Å². The second-order valence-electron chi connectivity index (χ2n) is 4.72. The first-order valence-electron chi connectivity index (χ1n) is 7.34. The van der Waals surface area contributed by atoms with Crippen LogP contribution in [0.15, 0.2) is 29.2 Å². The van der Waals surface area contributed by atoms with Gasteiger partial charge in [-0.3, -0.25) is 4.79 Å². The number of benzene rings is 1. The van der Waals surface area contributed by atoms with Crippen molar-refractivity contribution in [3.05, 3.63) is 29.8 Å². The minimum atomic E-state index is -3.48. The molecule has 1 amide bonds. The Morgan fingerprint density at radius 2 is 1.77 bits per heavy atom. The average Bonchev–Trinajstić information content (AvgIpc) is 2.52. The lowest BCUT2D eigenvalue weighted by Crippen LogP contribution is -2.30. The molecule has 0 radical (unpaired) electrons. The molecule has 0 saturated heterocycles. The summed E-state index contributed by atoms with van der Waals surface area (Å²) in [6.45, 7) is 5.53. The first-order valence-corrected chi connectivity index (χ1v) is 8.78. The van der Waals surface area contributed by atoms with Crippen molar-refractivity contribution < 1.29 is 17.9 Å². The molecule has 0 fully saturated rings. The molecule has 0 atom stereocenters. The SMILES string of the molecule is CCN(CC)S(=O)(=O)c1ccc(C(=O)NCCCOC)cc1. The van der Waals surface area contributed by atoms with E-state index in [1.54, 1.807) is 21.0 Å². The molecule has 1 rings (SSSR count). The number of rotatable bonds is 9. The summed E-state index contributed by atoms with van der Waals surface area (Å²) >= 11 is 0. The fraction of sp³-hybridized carbons (Fsp3) is 0.533. The molecule has 0 spiro atoms. The molecular weight excluding hydrogens is 304 g/mol. The number of sulfonamides is 1. The van der Waals surface area contributed by atoms with Gasteiger partial charge in [-0.05, 0) is 30.7 Å². The predicted octanol–water partition coefficient (Wildman–Crippen LogP) is 1.48. The molecule has 22 heavy (non-hydrogen) atoms. The van der Waals surface area contributed by atoms with E-state index in [9.17, 15) is 13.2 Å². The third kappa shape index (κ3) is 4.79. The van der Waals surface area contributed by atoms with E-state index < -0.39 is 10.0 Å². The number of ether oxygens (including phenoxy) is 1. The van der Waals surface area contributed by atoms with E-state index in [4.69, 9.17) is 4.74 Å². The van der Waals surface area contributed by atoms with Gasteiger partial charge in [-0.1, -0.05) is 13.8 Å². The largest absolute Gasteiger partial charge is 0.385 e. The quantitative estimate of drug-likeness (QED) is 0.697. The molecule has 6 nitrogen and oxygen atoms in total. The maximum Gasteiger partial charge on any atom is 0.251 e. The number of nitrogens with one attached hydrogen (secondary N) is 1. The normalized spacial score (nSPS) is 11.6. The Balaban J connectivity index is 2.76. The maximum absolute atomic E-state index is 12.3. The molecule has 0 heterocycles. The second-order valence-corrected chi connectivity index (χ2v) is 6.65. The monoisotopic (exact) mass is 328 g/mol. The summed E-state index contributed by atoms with van der Waals surface area (Å²) in [5.74, 6) is -0.220. The van der Waals surface area contributed by atoms with Crippen LogP contribution >= 0.6 is 0 Å². The number of nitrogens with zero attached hydrogens (tertiary/aromatic N) is 1. The first kappa shape index (κ1) is 18.6. The van der Waals surface area contributed by atoms with Crippen LogP contribution in [0.2, 0.25) is 0 Å². The average molecular weight is 328 g/mol. The van der Waals surface area contributed by atoms with Gasteiger partial charge in [0.1, 0.15) is 0 Å². The van der Waals surface area contributed by atoms with Crippen LogP contribution in [0.4, 0.5) is 0 Å². The smallest absolute Gasteiger partial charge is 0.251 e. The Morgan fingerprint density at radius 1 is 1.18 bits per heavy atom. The Labute approximate surface area is 132 Å². The van der Waals surface area contributed by atoms with Crippen LogP contribution in [0.1, 0.15) is 30.6 Å². The predicted molar refractivity (Wildman–Crippen MR) is 85.4 cm³/mol. The highest BCUT2D eigenvalue weighted by molar-refractivity contribution is 7.89. The molecule has 0 aliphatic heterocycles. The van der Waals surface area contributed by atoms with E-state index >= 15 is 0 Å². The van der Waals surface area contributed by atoms with Crippen LogP contribution < -0.4 is 5.32 Å². The molecule has 0 aromatic heterocycles. The lowest BCUT2D eigenvalue weighted by molar-refractivity contribution is 0.0948. The molecule has 124 valence electrons. The van der Waals surface area contributed by atoms with Gasteiger partial charge in [-0.2, -0.15) is 4.31 Å². The Morgan fingerprint density at radius 3 is 2.27 bits per heavy atom. The highest BCUT2D eigenvalue weighted by atomic mass is 32.2. The van der Waals surface area contributed by atoms with Crippen molar-refractivity contribution in [2.24, 2.45) is 0 Å². The molecule has 0 unspecified atom stereocenters. The van der Waals surface area contributed by atoms with Crippen LogP contribution in [-0.2, 0) is 14.8 Å². The number of hydrogen-bond donors (Lipinski definition) is 1. The number of carbonyl (C=O) groups is 1. The molecular formula is C15H24N2O4S. The highest BCUT2D eigenvalue weighted by Crippen LogP contribution is 2.16. The van der Waals surface area contributed by atoms with Crippen LogP contribution in [0.3, 0.4) is 0 Å². The molecule has 1 aromatic rings. The van der Waals surface area contributed by atoms with E-state index in [0.717, 1.165) is 6.42 Å². The summed E-state index contributed by atoms with van der Waals surface area (Å²) in [6, 6.07) is 6.00. The van der Waals surface area contributed by atoms with Crippen molar-refractivity contribution in [2.45, 2.75) is 25.2 Å². The van der Waals surface area contributed by atoms with Gasteiger partial charge < -0.3 is 10.1 Å². The molecule has 7 heteroatoms. The summed E-state index contributed by atoms with van der Waals surface area (Å²) < 4.78 is 30.9. The van der Waals surface area contributed by atoms with Crippen LogP contribution in [-0.4, -0.2) is 52.0 Å². The zero-order chi connectivity index (χ0) is 16.6. The first-order chi connectivity index (χ1) is 10.5. The molecule has 0 aliphatic carbocycles. The molecule has 0 aliphatic rings. The number of carbonyl (C=O) groups excluding carboxylic acids is 1. The van der Waals surface area contributed by atoms with Gasteiger partial charge in [0.05, 0.1) is 4.90 Å². The van der Waals surface area contributed by atoms with E-state index in [0.29, 0.717) is 31.8 Å². The van der Waals surface area contributed by atoms with Crippen LogP contribution in [0.25, 0.3) is 0 Å². The van der Waals surface area contributed by atoms with Gasteiger partial charge in [0.2, 0.25) is 10.0 Å². The number of hydrogen-bond acceptors (Lipinski definition) is 4. The topological polar surface area (TPSA) is 75.7 Å². The van der Waals surface area contributed by atoms with Gasteiger partial charge in [-0.15, -0.1) is 0 Å². The zero-order valence-corrected chi connectivity index (χ0v) is 14.1. The van der Waals surface area contributed by atoms with Crippen molar-refractivity contribution in [1.29, 1.82) is 0 Å². The van der Waals surface area contributed by atoms with Crippen molar-refractivity contribution in [3.63, 3.8) is 0 Å². The second kappa shape index (κ2) is 8.87. The summed E-state index contributed by atoms with van der Waals surface area (Å²) in [7, 11) is -1.87. The number of amides is 1. The lowest BCUT2D eigenvalue weighted by atomic mass is 10.2. The van der Waals surface area contributed by atoms with Gasteiger partial charge >= 0.3 is 0 Å². The molecule has 0 bridgehead atoms. The third-order valence-electron chi connectivity index (χ3n) is 3.27. The van der Waals surface area contributed by atoms with Crippen LogP contribution in [0, 0.1) is 0 Å². The molecule has 0 saturated carbocycles. The van der Waals surface area contributed by atoms with E-state index in [2.05, 4.69) is 5.32 Å². The van der Waals surface area contributed by atoms with Gasteiger partial charge in [0, 0.05) is 38.9 Å². The number of methoxy groups -OCH3 is 1. The van der Waals surface area contributed by atoms with Crippen molar-refractivity contribution in [3.8, 4) is 0 Å². The van der Waals surface area contributed by atoms with Crippen LogP contribution in [0.5, 0.6) is 0 Å². The van der Waals surface area contributed by atoms with Gasteiger partial charge in [0.15, 0.2) is 0 Å². The Bertz CT molecular complexity index is 566. The summed E-state index contributed by atoms with van der Waals surface area (Å²) in [6.07, 6.45) is 0.733. The minimum absolute atomic E-state index is 0.201. The highest BCUT2D eigenvalue weighted by Gasteiger charge is 2.21. The maximum atomic E-state index is 12.3. The van der Waals surface area contributed by atoms with E-state index in [1.165, 1.54) is 28.6 Å². The fourth-order valence-corrected chi connectivity index (χ4v) is 3.47. The standard InChI is InChI=1S/C15H24N2O4S/c1-4-17(5-2)22(19,20)14-9-7-13(8-10-14)15(18)16-11-6-12-21-3/h7-10H,4-6,11-12H2,1-3H3,(H,16,18). The molecule has 1 aromatic carbocycles. The Kier molecular flexibility index (Phi) is 7.50. The third-order valence-corrected chi connectivity index (χ3v) is 5.33. The van der Waals surface area contributed by atoms with Crippen molar-refractivity contribution in [2.75, 3.05) is 33.4 Å². The minimum Gasteiger partial charge on any atom is -0.385 e.